The van der Waals surface area contributed by atoms with E-state index in [2.05, 4.69) is 94.5 Å². The van der Waals surface area contributed by atoms with Crippen LogP contribution in [0.25, 0.3) is 0 Å². The van der Waals surface area contributed by atoms with Gasteiger partial charge < -0.3 is 45.3 Å². The highest BCUT2D eigenvalue weighted by atomic mass is 16.3. The number of nitrogens with zero attached hydrogens (tertiary/aromatic N) is 4. The fourth-order valence-electron chi connectivity index (χ4n) is 6.93. The third kappa shape index (κ3) is 14.2. The van der Waals surface area contributed by atoms with Crippen molar-refractivity contribution in [1.29, 1.82) is 0 Å². The number of benzene rings is 3. The first-order valence-corrected chi connectivity index (χ1v) is 20.0. The van der Waals surface area contributed by atoms with Gasteiger partial charge in [0.1, 0.15) is 17.1 Å². The number of anilines is 3. The first-order valence-electron chi connectivity index (χ1n) is 20.0. The molecule has 3 aromatic carbocycles. The largest absolute Gasteiger partial charge is 0.396 e. The summed E-state index contributed by atoms with van der Waals surface area (Å²) < 4.78 is 0.444. The quantitative estimate of drug-likeness (QED) is 0.0343. The molecule has 0 fully saturated rings. The van der Waals surface area contributed by atoms with Crippen molar-refractivity contribution in [2.45, 2.75) is 77.0 Å². The Morgan fingerprint density at radius 3 is 0.679 bits per heavy atom. The van der Waals surface area contributed by atoms with Crippen molar-refractivity contribution in [3.8, 4) is 0 Å². The molecule has 10 heteroatoms. The zero-order valence-corrected chi connectivity index (χ0v) is 32.4. The summed E-state index contributed by atoms with van der Waals surface area (Å²) in [4.78, 5) is 7.06. The molecule has 0 heterocycles. The minimum atomic E-state index is 0.184. The molecule has 0 saturated heterocycles. The number of hydrogen-bond acceptors (Lipinski definition) is 9. The molecule has 0 bridgehead atoms. The van der Waals surface area contributed by atoms with Crippen molar-refractivity contribution in [2.24, 2.45) is 0 Å². The third-order valence-electron chi connectivity index (χ3n) is 10.2. The number of aliphatic hydroxyl groups excluding tert-OH is 6. The highest BCUT2D eigenvalue weighted by molar-refractivity contribution is 5.74. The fourth-order valence-corrected chi connectivity index (χ4v) is 6.93. The summed E-state index contributed by atoms with van der Waals surface area (Å²) in [6, 6.07) is 26.5. The number of quaternary nitrogens is 1. The van der Waals surface area contributed by atoms with Crippen LogP contribution < -0.4 is 19.2 Å². The lowest BCUT2D eigenvalue weighted by molar-refractivity contribution is 0.281. The Labute approximate surface area is 319 Å². The van der Waals surface area contributed by atoms with Crippen LogP contribution in [0.2, 0.25) is 0 Å². The van der Waals surface area contributed by atoms with E-state index in [-0.39, 0.29) is 39.6 Å². The third-order valence-corrected chi connectivity index (χ3v) is 10.2. The van der Waals surface area contributed by atoms with Crippen LogP contribution in [0.1, 0.15) is 77.0 Å². The lowest BCUT2D eigenvalue weighted by atomic mass is 10.1. The lowest BCUT2D eigenvalue weighted by Crippen LogP contribution is -2.34. The zero-order valence-electron chi connectivity index (χ0n) is 32.4. The second-order valence-electron chi connectivity index (χ2n) is 14.1. The fraction of sp³-hybridized carbons (Fsp3) is 0.581. The Kier molecular flexibility index (Phi) is 21.5. The predicted octanol–water partition coefficient (Wildman–Crippen LogP) is 6.34. The van der Waals surface area contributed by atoms with Crippen molar-refractivity contribution >= 4 is 34.1 Å². The smallest absolute Gasteiger partial charge is 0.142 e. The molecule has 0 saturated carbocycles. The van der Waals surface area contributed by atoms with Crippen molar-refractivity contribution in [2.75, 3.05) is 101 Å². The Balaban J connectivity index is 2.03. The molecule has 0 amide bonds. The molecule has 0 radical (unpaired) electrons. The summed E-state index contributed by atoms with van der Waals surface area (Å²) in [5, 5.41) is 56.4. The number of rotatable bonds is 30. The van der Waals surface area contributed by atoms with E-state index >= 15 is 0 Å². The molecular formula is C43H69N4O6+. The normalized spacial score (nSPS) is 11.6. The molecule has 0 unspecified atom stereocenters. The van der Waals surface area contributed by atoms with Gasteiger partial charge in [0.2, 0.25) is 0 Å². The van der Waals surface area contributed by atoms with Gasteiger partial charge in [-0.25, -0.2) is 4.48 Å². The molecule has 0 atom stereocenters. The first kappa shape index (κ1) is 44.2. The standard InChI is InChI=1S/C43H69N4O6/c1-47(41-20-14-38(15-21-41)44(26-2-8-32-48)27-3-9-33-49,42-22-16-39(17-23-42)45(28-4-10-34-50)29-5-11-35-51)43-24-18-40(19-25-43)46(30-6-12-36-52)31-7-13-37-53/h14-25,48-53H,2-13,26-37H2,1H3/q+1. The van der Waals surface area contributed by atoms with E-state index in [1.54, 1.807) is 0 Å². The number of unbranched alkanes of at least 4 members (excludes halogenated alkanes) is 6. The molecular weight excluding hydrogens is 668 g/mol. The molecule has 53 heavy (non-hydrogen) atoms. The van der Waals surface area contributed by atoms with E-state index in [0.29, 0.717) is 4.48 Å². The van der Waals surface area contributed by atoms with Gasteiger partial charge in [0.05, 0.1) is 7.05 Å². The Bertz CT molecular complexity index is 1150. The average Bonchev–Trinajstić information content (AvgIpc) is 3.19. The second-order valence-corrected chi connectivity index (χ2v) is 14.1. The summed E-state index contributed by atoms with van der Waals surface area (Å²) in [6.45, 7) is 6.19. The Hall–Kier alpha value is -3.22. The van der Waals surface area contributed by atoms with Crippen molar-refractivity contribution in [3.63, 3.8) is 0 Å². The minimum Gasteiger partial charge on any atom is -0.396 e. The highest BCUT2D eigenvalue weighted by Gasteiger charge is 2.32. The molecule has 3 rings (SSSR count). The van der Waals surface area contributed by atoms with Gasteiger partial charge in [0, 0.05) is 132 Å². The van der Waals surface area contributed by atoms with Crippen LogP contribution >= 0.6 is 0 Å². The van der Waals surface area contributed by atoms with Crippen LogP contribution in [-0.4, -0.2) is 117 Å². The van der Waals surface area contributed by atoms with Crippen LogP contribution in [0, 0.1) is 0 Å². The lowest BCUT2D eigenvalue weighted by Gasteiger charge is -2.35. The van der Waals surface area contributed by atoms with E-state index in [1.165, 1.54) is 0 Å². The van der Waals surface area contributed by atoms with Crippen LogP contribution in [-0.2, 0) is 0 Å². The molecule has 0 aliphatic carbocycles. The maximum absolute atomic E-state index is 9.40. The van der Waals surface area contributed by atoms with Crippen molar-refractivity contribution in [3.05, 3.63) is 72.8 Å². The van der Waals surface area contributed by atoms with Crippen molar-refractivity contribution in [1.82, 2.24) is 4.48 Å². The van der Waals surface area contributed by atoms with Gasteiger partial charge >= 0.3 is 0 Å². The number of aliphatic hydroxyl groups is 6. The van der Waals surface area contributed by atoms with Gasteiger partial charge in [0.15, 0.2) is 0 Å². The Morgan fingerprint density at radius 1 is 0.321 bits per heavy atom. The monoisotopic (exact) mass is 738 g/mol. The minimum absolute atomic E-state index is 0.184. The maximum Gasteiger partial charge on any atom is 0.142 e. The average molecular weight is 738 g/mol. The molecule has 3 aromatic rings. The number of hydrogen-bond donors (Lipinski definition) is 6. The van der Waals surface area contributed by atoms with E-state index in [4.69, 9.17) is 0 Å². The second kappa shape index (κ2) is 25.7. The molecule has 6 N–H and O–H groups in total. The molecule has 296 valence electrons. The van der Waals surface area contributed by atoms with Crippen LogP contribution in [0.3, 0.4) is 0 Å². The summed E-state index contributed by atoms with van der Waals surface area (Å²) in [5.74, 6) is 0. The molecule has 0 spiro atoms. The molecule has 0 aliphatic rings. The summed E-state index contributed by atoms with van der Waals surface area (Å²) >= 11 is 0. The van der Waals surface area contributed by atoms with E-state index < -0.39 is 0 Å². The van der Waals surface area contributed by atoms with Gasteiger partial charge in [-0.3, -0.25) is 0 Å². The van der Waals surface area contributed by atoms with Crippen LogP contribution in [0.4, 0.5) is 34.1 Å². The molecule has 0 aromatic heterocycles. The first-order chi connectivity index (χ1) is 26.0. The van der Waals surface area contributed by atoms with Gasteiger partial charge in [-0.1, -0.05) is 0 Å². The summed E-state index contributed by atoms with van der Waals surface area (Å²) in [6.07, 6.45) is 9.96. The van der Waals surface area contributed by atoms with Crippen molar-refractivity contribution < 1.29 is 30.6 Å². The van der Waals surface area contributed by atoms with E-state index in [1.807, 2.05) is 0 Å². The summed E-state index contributed by atoms with van der Waals surface area (Å²) in [5.41, 5.74) is 6.74. The maximum atomic E-state index is 9.40. The summed E-state index contributed by atoms with van der Waals surface area (Å²) in [7, 11) is 2.24. The highest BCUT2D eigenvalue weighted by Crippen LogP contribution is 2.43. The topological polar surface area (TPSA) is 131 Å². The van der Waals surface area contributed by atoms with E-state index in [9.17, 15) is 30.6 Å². The van der Waals surface area contributed by atoms with Gasteiger partial charge in [-0.15, -0.1) is 0 Å². The van der Waals surface area contributed by atoms with Gasteiger partial charge in [-0.05, 0) is 113 Å². The molecule has 0 aliphatic heterocycles. The van der Waals surface area contributed by atoms with E-state index in [0.717, 1.165) is 150 Å². The zero-order chi connectivity index (χ0) is 38.2. The predicted molar refractivity (Wildman–Crippen MR) is 221 cm³/mol. The van der Waals surface area contributed by atoms with Gasteiger partial charge in [0.25, 0.3) is 0 Å². The Morgan fingerprint density at radius 2 is 0.509 bits per heavy atom. The molecule has 10 nitrogen and oxygen atoms in total. The van der Waals surface area contributed by atoms with Crippen LogP contribution in [0.5, 0.6) is 0 Å². The van der Waals surface area contributed by atoms with Gasteiger partial charge in [-0.2, -0.15) is 0 Å². The SMILES string of the molecule is C[N+](c1ccc(N(CCCCO)CCCCO)cc1)(c1ccc(N(CCCCO)CCCCO)cc1)c1ccc(N(CCCCO)CCCCO)cc1. The van der Waals surface area contributed by atoms with Crippen LogP contribution in [0.15, 0.2) is 72.8 Å².